The third-order valence-corrected chi connectivity index (χ3v) is 2.90. The van der Waals surface area contributed by atoms with E-state index in [2.05, 4.69) is 5.32 Å². The van der Waals surface area contributed by atoms with Gasteiger partial charge in [-0.1, -0.05) is 19.1 Å². The second-order valence-corrected chi connectivity index (χ2v) is 4.51. The summed E-state index contributed by atoms with van der Waals surface area (Å²) in [7, 11) is 0. The summed E-state index contributed by atoms with van der Waals surface area (Å²) >= 11 is 0. The van der Waals surface area contributed by atoms with E-state index in [4.69, 9.17) is 0 Å². The molecule has 2 atom stereocenters. The standard InChI is InChI=1S/C13H20FNO/c1-4-13(3,16)9-15-10(2)11-6-5-7-12(14)8-11/h5-8,10,15-16H,4,9H2,1-3H3/t10-,13?/m1/s1. The van der Waals surface area contributed by atoms with Crippen molar-refractivity contribution in [3.63, 3.8) is 0 Å². The predicted octanol–water partition coefficient (Wildman–Crippen LogP) is 2.64. The van der Waals surface area contributed by atoms with Crippen LogP contribution in [-0.2, 0) is 0 Å². The van der Waals surface area contributed by atoms with E-state index in [0.717, 1.165) is 5.56 Å². The monoisotopic (exact) mass is 225 g/mol. The molecule has 0 heterocycles. The molecular weight excluding hydrogens is 205 g/mol. The molecule has 0 radical (unpaired) electrons. The molecule has 1 unspecified atom stereocenters. The topological polar surface area (TPSA) is 32.3 Å². The van der Waals surface area contributed by atoms with E-state index in [9.17, 15) is 9.50 Å². The maximum atomic E-state index is 13.0. The Labute approximate surface area is 96.5 Å². The molecule has 0 saturated heterocycles. The van der Waals surface area contributed by atoms with Gasteiger partial charge in [-0.05, 0) is 38.0 Å². The van der Waals surface area contributed by atoms with Crippen LogP contribution in [0.3, 0.4) is 0 Å². The first-order valence-electron chi connectivity index (χ1n) is 5.66. The number of nitrogens with one attached hydrogen (secondary N) is 1. The highest BCUT2D eigenvalue weighted by Crippen LogP contribution is 2.15. The Hall–Kier alpha value is -0.930. The largest absolute Gasteiger partial charge is 0.389 e. The summed E-state index contributed by atoms with van der Waals surface area (Å²) in [5, 5.41) is 13.0. The number of rotatable bonds is 5. The average molecular weight is 225 g/mol. The molecule has 1 aromatic rings. The lowest BCUT2D eigenvalue weighted by atomic mass is 10.0. The van der Waals surface area contributed by atoms with E-state index in [1.807, 2.05) is 19.9 Å². The zero-order chi connectivity index (χ0) is 12.2. The molecule has 0 aliphatic heterocycles. The molecule has 0 bridgehead atoms. The summed E-state index contributed by atoms with van der Waals surface area (Å²) in [5.74, 6) is -0.228. The highest BCUT2D eigenvalue weighted by molar-refractivity contribution is 5.19. The van der Waals surface area contributed by atoms with Crippen molar-refractivity contribution >= 4 is 0 Å². The summed E-state index contributed by atoms with van der Waals surface area (Å²) in [6, 6.07) is 6.55. The van der Waals surface area contributed by atoms with E-state index < -0.39 is 5.60 Å². The van der Waals surface area contributed by atoms with Gasteiger partial charge in [0.25, 0.3) is 0 Å². The van der Waals surface area contributed by atoms with Gasteiger partial charge in [0.1, 0.15) is 5.82 Å². The summed E-state index contributed by atoms with van der Waals surface area (Å²) in [5.41, 5.74) is 0.189. The van der Waals surface area contributed by atoms with Crippen LogP contribution in [0.15, 0.2) is 24.3 Å². The van der Waals surface area contributed by atoms with Gasteiger partial charge in [0.15, 0.2) is 0 Å². The first-order valence-corrected chi connectivity index (χ1v) is 5.66. The van der Waals surface area contributed by atoms with Crippen molar-refractivity contribution in [1.29, 1.82) is 0 Å². The Morgan fingerprint density at radius 2 is 2.19 bits per heavy atom. The van der Waals surface area contributed by atoms with Crippen LogP contribution >= 0.6 is 0 Å². The molecule has 0 amide bonds. The number of halogens is 1. The molecule has 0 spiro atoms. The second-order valence-electron chi connectivity index (χ2n) is 4.51. The molecule has 0 saturated carbocycles. The molecule has 2 nitrogen and oxygen atoms in total. The van der Waals surface area contributed by atoms with Gasteiger partial charge < -0.3 is 10.4 Å². The molecular formula is C13H20FNO. The fourth-order valence-corrected chi connectivity index (χ4v) is 1.39. The smallest absolute Gasteiger partial charge is 0.123 e. The van der Waals surface area contributed by atoms with Crippen molar-refractivity contribution in [2.24, 2.45) is 0 Å². The highest BCUT2D eigenvalue weighted by Gasteiger charge is 2.18. The van der Waals surface area contributed by atoms with Crippen molar-refractivity contribution in [1.82, 2.24) is 5.32 Å². The normalized spacial score (nSPS) is 16.8. The predicted molar refractivity (Wildman–Crippen MR) is 63.7 cm³/mol. The van der Waals surface area contributed by atoms with E-state index in [0.29, 0.717) is 13.0 Å². The number of hydrogen-bond donors (Lipinski definition) is 2. The first-order chi connectivity index (χ1) is 7.44. The van der Waals surface area contributed by atoms with Crippen molar-refractivity contribution in [3.05, 3.63) is 35.6 Å². The highest BCUT2D eigenvalue weighted by atomic mass is 19.1. The Bertz CT molecular complexity index is 338. The van der Waals surface area contributed by atoms with Crippen LogP contribution in [0.2, 0.25) is 0 Å². The minimum Gasteiger partial charge on any atom is -0.389 e. The molecule has 0 aliphatic rings. The van der Waals surface area contributed by atoms with Gasteiger partial charge in [0, 0.05) is 12.6 Å². The van der Waals surface area contributed by atoms with Crippen LogP contribution in [0.25, 0.3) is 0 Å². The Balaban J connectivity index is 2.56. The Morgan fingerprint density at radius 3 is 2.75 bits per heavy atom. The Morgan fingerprint density at radius 1 is 1.50 bits per heavy atom. The van der Waals surface area contributed by atoms with E-state index in [-0.39, 0.29) is 11.9 Å². The maximum Gasteiger partial charge on any atom is 0.123 e. The Kier molecular flexibility index (Phi) is 4.44. The third kappa shape index (κ3) is 3.91. The lowest BCUT2D eigenvalue weighted by Crippen LogP contribution is -2.38. The quantitative estimate of drug-likeness (QED) is 0.807. The fraction of sp³-hybridized carbons (Fsp3) is 0.538. The molecule has 0 fully saturated rings. The summed E-state index contributed by atoms with van der Waals surface area (Å²) in [4.78, 5) is 0. The SMILES string of the molecule is CCC(C)(O)CN[C@H](C)c1cccc(F)c1. The van der Waals surface area contributed by atoms with Crippen LogP contribution < -0.4 is 5.32 Å². The molecule has 2 N–H and O–H groups in total. The second kappa shape index (κ2) is 5.41. The van der Waals surface area contributed by atoms with Crippen molar-refractivity contribution in [2.75, 3.05) is 6.54 Å². The zero-order valence-corrected chi connectivity index (χ0v) is 10.1. The van der Waals surface area contributed by atoms with Crippen LogP contribution in [0.4, 0.5) is 4.39 Å². The average Bonchev–Trinajstić information content (AvgIpc) is 2.26. The minimum atomic E-state index is -0.707. The molecule has 0 aliphatic carbocycles. The van der Waals surface area contributed by atoms with Crippen LogP contribution in [0, 0.1) is 5.82 Å². The lowest BCUT2D eigenvalue weighted by molar-refractivity contribution is 0.0533. The van der Waals surface area contributed by atoms with Crippen LogP contribution in [0.1, 0.15) is 38.8 Å². The number of hydrogen-bond acceptors (Lipinski definition) is 2. The summed E-state index contributed by atoms with van der Waals surface area (Å²) in [6.45, 7) is 6.19. The third-order valence-electron chi connectivity index (χ3n) is 2.90. The van der Waals surface area contributed by atoms with Gasteiger partial charge in [-0.3, -0.25) is 0 Å². The zero-order valence-electron chi connectivity index (χ0n) is 10.1. The molecule has 90 valence electrons. The van der Waals surface area contributed by atoms with E-state index in [1.54, 1.807) is 13.0 Å². The first kappa shape index (κ1) is 13.1. The number of aliphatic hydroxyl groups is 1. The van der Waals surface area contributed by atoms with Crippen molar-refractivity contribution in [2.45, 2.75) is 38.8 Å². The molecule has 1 aromatic carbocycles. The van der Waals surface area contributed by atoms with Crippen molar-refractivity contribution in [3.8, 4) is 0 Å². The van der Waals surface area contributed by atoms with Crippen LogP contribution in [0.5, 0.6) is 0 Å². The van der Waals surface area contributed by atoms with Gasteiger partial charge in [0.2, 0.25) is 0 Å². The minimum absolute atomic E-state index is 0.0359. The lowest BCUT2D eigenvalue weighted by Gasteiger charge is -2.24. The van der Waals surface area contributed by atoms with Crippen LogP contribution in [-0.4, -0.2) is 17.3 Å². The fourth-order valence-electron chi connectivity index (χ4n) is 1.39. The van der Waals surface area contributed by atoms with Gasteiger partial charge in [-0.2, -0.15) is 0 Å². The summed E-state index contributed by atoms with van der Waals surface area (Å²) in [6.07, 6.45) is 0.690. The van der Waals surface area contributed by atoms with E-state index >= 15 is 0 Å². The van der Waals surface area contributed by atoms with E-state index in [1.165, 1.54) is 12.1 Å². The van der Waals surface area contributed by atoms with Crippen molar-refractivity contribution < 1.29 is 9.50 Å². The summed E-state index contributed by atoms with van der Waals surface area (Å²) < 4.78 is 13.0. The number of benzene rings is 1. The maximum absolute atomic E-state index is 13.0. The molecule has 3 heteroatoms. The molecule has 0 aromatic heterocycles. The van der Waals surface area contributed by atoms with Gasteiger partial charge in [-0.15, -0.1) is 0 Å². The van der Waals surface area contributed by atoms with Gasteiger partial charge >= 0.3 is 0 Å². The molecule has 1 rings (SSSR count). The van der Waals surface area contributed by atoms with Gasteiger partial charge in [0.05, 0.1) is 5.60 Å². The molecule has 16 heavy (non-hydrogen) atoms. The van der Waals surface area contributed by atoms with Gasteiger partial charge in [-0.25, -0.2) is 4.39 Å².